The summed E-state index contributed by atoms with van der Waals surface area (Å²) in [6.45, 7) is 3.40. The summed E-state index contributed by atoms with van der Waals surface area (Å²) in [6, 6.07) is 0. The van der Waals surface area contributed by atoms with Crippen molar-refractivity contribution in [2.75, 3.05) is 6.54 Å². The second-order valence-corrected chi connectivity index (χ2v) is 4.63. The number of hydrogen-bond donors (Lipinski definition) is 2. The Hall–Kier alpha value is -1.69. The lowest BCUT2D eigenvalue weighted by atomic mass is 10.0. The highest BCUT2D eigenvalue weighted by atomic mass is 16.4. The molecule has 0 aliphatic heterocycles. The van der Waals surface area contributed by atoms with Crippen LogP contribution in [0.25, 0.3) is 0 Å². The fourth-order valence-electron chi connectivity index (χ4n) is 2.06. The number of imidazole rings is 1. The third-order valence-electron chi connectivity index (χ3n) is 3.14. The van der Waals surface area contributed by atoms with Gasteiger partial charge >= 0.3 is 5.97 Å². The summed E-state index contributed by atoms with van der Waals surface area (Å²) in [5, 5.41) is 12.1. The van der Waals surface area contributed by atoms with Gasteiger partial charge in [0.25, 0.3) is 0 Å². The van der Waals surface area contributed by atoms with Gasteiger partial charge in [-0.3, -0.25) is 0 Å². The third-order valence-corrected chi connectivity index (χ3v) is 3.14. The molecule has 0 aliphatic rings. The van der Waals surface area contributed by atoms with Crippen molar-refractivity contribution in [3.63, 3.8) is 0 Å². The second-order valence-electron chi connectivity index (χ2n) is 4.63. The summed E-state index contributed by atoms with van der Waals surface area (Å²) in [5.74, 6) is -0.650. The minimum Gasteiger partial charge on any atom is -0.475 e. The van der Waals surface area contributed by atoms with E-state index in [-0.39, 0.29) is 5.82 Å². The molecule has 6 nitrogen and oxygen atoms in total. The Balaban J connectivity index is 2.48. The van der Waals surface area contributed by atoms with Gasteiger partial charge in [-0.25, -0.2) is 9.78 Å². The number of carboxylic acid groups (broad SMARTS) is 1. The minimum absolute atomic E-state index is 0.0369. The molecule has 0 bridgehead atoms. The molecule has 0 amide bonds. The first-order valence-corrected chi connectivity index (χ1v) is 6.48. The van der Waals surface area contributed by atoms with Crippen LogP contribution >= 0.6 is 0 Å². The van der Waals surface area contributed by atoms with E-state index in [1.807, 2.05) is 0 Å². The van der Waals surface area contributed by atoms with Crippen LogP contribution < -0.4 is 5.32 Å². The van der Waals surface area contributed by atoms with E-state index in [9.17, 15) is 9.59 Å². The third kappa shape index (κ3) is 4.48. The molecule has 0 aromatic carbocycles. The van der Waals surface area contributed by atoms with Gasteiger partial charge in [0.15, 0.2) is 0 Å². The molecule has 0 fully saturated rings. The summed E-state index contributed by atoms with van der Waals surface area (Å²) in [4.78, 5) is 25.2. The molecule has 1 unspecified atom stereocenters. The van der Waals surface area contributed by atoms with E-state index in [0.717, 1.165) is 31.4 Å². The quantitative estimate of drug-likeness (QED) is 0.657. The van der Waals surface area contributed by atoms with Crippen molar-refractivity contribution in [3.8, 4) is 0 Å². The van der Waals surface area contributed by atoms with Crippen molar-refractivity contribution < 1.29 is 14.7 Å². The first-order chi connectivity index (χ1) is 9.10. The molecule has 0 aliphatic carbocycles. The second kappa shape index (κ2) is 7.68. The molecule has 0 radical (unpaired) electrons. The van der Waals surface area contributed by atoms with E-state index in [0.29, 0.717) is 18.9 Å². The summed E-state index contributed by atoms with van der Waals surface area (Å²) < 4.78 is 1.56. The summed E-state index contributed by atoms with van der Waals surface area (Å²) in [6.07, 6.45) is 5.14. The number of rotatable bonds is 9. The van der Waals surface area contributed by atoms with Gasteiger partial charge in [0.1, 0.15) is 6.29 Å². The molecule has 6 heteroatoms. The SMILES string of the molecule is CCCC(CC=O)CNCc1cnc(C(=O)O)n1C. The average molecular weight is 267 g/mol. The molecule has 19 heavy (non-hydrogen) atoms. The molecule has 1 atom stereocenters. The molecule has 1 heterocycles. The largest absolute Gasteiger partial charge is 0.475 e. The standard InChI is InChI=1S/C13H21N3O3/c1-3-4-10(5-6-17)7-14-8-11-9-15-12(13(18)19)16(11)2/h6,9-10,14H,3-5,7-8H2,1-2H3,(H,18,19). The molecule has 1 aromatic rings. The Bertz CT molecular complexity index is 429. The van der Waals surface area contributed by atoms with Gasteiger partial charge in [0.2, 0.25) is 5.82 Å². The molecule has 0 saturated carbocycles. The molecule has 0 saturated heterocycles. The Morgan fingerprint density at radius 3 is 2.89 bits per heavy atom. The van der Waals surface area contributed by atoms with Crippen LogP contribution in [0, 0.1) is 5.92 Å². The summed E-state index contributed by atoms with van der Waals surface area (Å²) >= 11 is 0. The fraction of sp³-hybridized carbons (Fsp3) is 0.615. The van der Waals surface area contributed by atoms with E-state index in [1.165, 1.54) is 0 Å². The maximum atomic E-state index is 10.8. The number of nitrogens with zero attached hydrogens (tertiary/aromatic N) is 2. The van der Waals surface area contributed by atoms with Crippen LogP contribution in [0.5, 0.6) is 0 Å². The normalized spacial score (nSPS) is 12.3. The Morgan fingerprint density at radius 2 is 2.37 bits per heavy atom. The predicted molar refractivity (Wildman–Crippen MR) is 71.0 cm³/mol. The van der Waals surface area contributed by atoms with Gasteiger partial charge in [-0.1, -0.05) is 13.3 Å². The average Bonchev–Trinajstić information content (AvgIpc) is 2.72. The number of carbonyl (C=O) groups is 2. The molecule has 1 rings (SSSR count). The number of aromatic carboxylic acids is 1. The van der Waals surface area contributed by atoms with Gasteiger partial charge in [-0.2, -0.15) is 0 Å². The molecular weight excluding hydrogens is 246 g/mol. The minimum atomic E-state index is -1.03. The van der Waals surface area contributed by atoms with E-state index >= 15 is 0 Å². The summed E-state index contributed by atoms with van der Waals surface area (Å²) in [7, 11) is 1.68. The van der Waals surface area contributed by atoms with Crippen LogP contribution in [0.15, 0.2) is 6.20 Å². The number of aromatic nitrogens is 2. The fourth-order valence-corrected chi connectivity index (χ4v) is 2.06. The first kappa shape index (κ1) is 15.4. The van der Waals surface area contributed by atoms with Gasteiger partial charge < -0.3 is 19.8 Å². The number of hydrogen-bond acceptors (Lipinski definition) is 4. The lowest BCUT2D eigenvalue weighted by Crippen LogP contribution is -2.24. The number of carboxylic acids is 1. The van der Waals surface area contributed by atoms with Crippen molar-refractivity contribution in [3.05, 3.63) is 17.7 Å². The highest BCUT2D eigenvalue weighted by Crippen LogP contribution is 2.09. The lowest BCUT2D eigenvalue weighted by molar-refractivity contribution is -0.108. The Morgan fingerprint density at radius 1 is 1.63 bits per heavy atom. The zero-order valence-electron chi connectivity index (χ0n) is 11.4. The lowest BCUT2D eigenvalue weighted by Gasteiger charge is -2.14. The highest BCUT2D eigenvalue weighted by molar-refractivity contribution is 5.83. The van der Waals surface area contributed by atoms with Gasteiger partial charge in [-0.15, -0.1) is 0 Å². The number of carbonyl (C=O) groups excluding carboxylic acids is 1. The van der Waals surface area contributed by atoms with Crippen molar-refractivity contribution in [2.45, 2.75) is 32.7 Å². The van der Waals surface area contributed by atoms with Crippen LogP contribution in [-0.4, -0.2) is 33.5 Å². The van der Waals surface area contributed by atoms with E-state index < -0.39 is 5.97 Å². The topological polar surface area (TPSA) is 84.2 Å². The zero-order chi connectivity index (χ0) is 14.3. The first-order valence-electron chi connectivity index (χ1n) is 6.48. The maximum absolute atomic E-state index is 10.8. The number of nitrogens with one attached hydrogen (secondary N) is 1. The summed E-state index contributed by atoms with van der Waals surface area (Å²) in [5.41, 5.74) is 0.818. The van der Waals surface area contributed by atoms with Crippen LogP contribution in [0.3, 0.4) is 0 Å². The molecule has 106 valence electrons. The van der Waals surface area contributed by atoms with Crippen molar-refractivity contribution in [1.29, 1.82) is 0 Å². The van der Waals surface area contributed by atoms with E-state index in [4.69, 9.17) is 5.11 Å². The predicted octanol–water partition coefficient (Wildman–Crippen LogP) is 1.21. The Labute approximate surface area is 112 Å². The van der Waals surface area contributed by atoms with Gasteiger partial charge in [0.05, 0.1) is 11.9 Å². The van der Waals surface area contributed by atoms with Crippen molar-refractivity contribution in [1.82, 2.24) is 14.9 Å². The van der Waals surface area contributed by atoms with Gasteiger partial charge in [-0.05, 0) is 18.9 Å². The Kier molecular flexibility index (Phi) is 6.21. The van der Waals surface area contributed by atoms with Crippen LogP contribution in [0.1, 0.15) is 42.5 Å². The molecular formula is C13H21N3O3. The maximum Gasteiger partial charge on any atom is 0.372 e. The van der Waals surface area contributed by atoms with Crippen LogP contribution in [0.4, 0.5) is 0 Å². The smallest absolute Gasteiger partial charge is 0.372 e. The van der Waals surface area contributed by atoms with E-state index in [1.54, 1.807) is 17.8 Å². The van der Waals surface area contributed by atoms with Crippen LogP contribution in [-0.2, 0) is 18.4 Å². The zero-order valence-corrected chi connectivity index (χ0v) is 11.4. The monoisotopic (exact) mass is 267 g/mol. The molecule has 1 aromatic heterocycles. The highest BCUT2D eigenvalue weighted by Gasteiger charge is 2.13. The number of aldehydes is 1. The molecule has 2 N–H and O–H groups in total. The van der Waals surface area contributed by atoms with Gasteiger partial charge in [0, 0.05) is 20.0 Å². The van der Waals surface area contributed by atoms with E-state index in [2.05, 4.69) is 17.2 Å². The van der Waals surface area contributed by atoms with Crippen molar-refractivity contribution in [2.24, 2.45) is 13.0 Å². The molecule has 0 spiro atoms. The van der Waals surface area contributed by atoms with Crippen molar-refractivity contribution >= 4 is 12.3 Å². The van der Waals surface area contributed by atoms with Crippen LogP contribution in [0.2, 0.25) is 0 Å².